The van der Waals surface area contributed by atoms with E-state index in [9.17, 15) is 19.5 Å². The average molecular weight is 566 g/mol. The predicted octanol–water partition coefficient (Wildman–Crippen LogP) is 3.32. The molecule has 9 heteroatoms. The lowest BCUT2D eigenvalue weighted by Crippen LogP contribution is -2.58. The highest BCUT2D eigenvalue weighted by Gasteiger charge is 2.72. The van der Waals surface area contributed by atoms with Gasteiger partial charge in [-0.25, -0.2) is 0 Å². The molecule has 222 valence electrons. The minimum absolute atomic E-state index is 0.169. The van der Waals surface area contributed by atoms with E-state index in [1.807, 2.05) is 62.4 Å². The van der Waals surface area contributed by atoms with Crippen LogP contribution in [0.3, 0.4) is 0 Å². The van der Waals surface area contributed by atoms with Gasteiger partial charge in [-0.1, -0.05) is 38.2 Å². The molecule has 1 N–H and O–H groups in total. The molecule has 0 saturated carbocycles. The molecule has 0 aromatic heterocycles. The largest absolute Gasteiger partial charge is 0.465 e. The van der Waals surface area contributed by atoms with Crippen molar-refractivity contribution < 1.29 is 29.0 Å². The zero-order chi connectivity index (χ0) is 29.3. The van der Waals surface area contributed by atoms with Gasteiger partial charge in [0.15, 0.2) is 0 Å². The van der Waals surface area contributed by atoms with Crippen LogP contribution < -0.4 is 9.80 Å². The van der Waals surface area contributed by atoms with Crippen LogP contribution in [0.4, 0.5) is 11.4 Å². The molecule has 0 bridgehead atoms. The molecular formula is C32H43N3O6. The summed E-state index contributed by atoms with van der Waals surface area (Å²) in [5.41, 5.74) is 0.430. The number of esters is 1. The SMILES string of the molecule is CCN(CC)c1ccc(N2CC=C[C@]34O[C@@H]5/C=C\CCCOC(=O)[C@@H]5[C@H]3C(=O)N([C@@H](CO)CC(C)C)C4C2=O)cc1. The third-order valence-electron chi connectivity index (χ3n) is 8.93. The van der Waals surface area contributed by atoms with Crippen molar-refractivity contribution in [2.75, 3.05) is 42.6 Å². The fraction of sp³-hybridized carbons (Fsp3) is 0.594. The van der Waals surface area contributed by atoms with Crippen LogP contribution in [0.2, 0.25) is 0 Å². The fourth-order valence-corrected chi connectivity index (χ4v) is 7.07. The van der Waals surface area contributed by atoms with Crippen molar-refractivity contribution in [1.82, 2.24) is 4.90 Å². The molecule has 2 saturated heterocycles. The van der Waals surface area contributed by atoms with E-state index in [1.54, 1.807) is 4.90 Å². The molecule has 9 nitrogen and oxygen atoms in total. The summed E-state index contributed by atoms with van der Waals surface area (Å²) in [5.74, 6) is -2.74. The summed E-state index contributed by atoms with van der Waals surface area (Å²) in [7, 11) is 0. The summed E-state index contributed by atoms with van der Waals surface area (Å²) in [6.07, 6.45) is 8.77. The van der Waals surface area contributed by atoms with Crippen molar-refractivity contribution in [1.29, 1.82) is 0 Å². The summed E-state index contributed by atoms with van der Waals surface area (Å²) < 4.78 is 12.3. The molecule has 2 fully saturated rings. The first-order valence-electron chi connectivity index (χ1n) is 15.1. The summed E-state index contributed by atoms with van der Waals surface area (Å²) >= 11 is 0. The summed E-state index contributed by atoms with van der Waals surface area (Å²) in [6.45, 7) is 10.3. The monoisotopic (exact) mass is 565 g/mol. The zero-order valence-corrected chi connectivity index (χ0v) is 24.6. The number of allylic oxidation sites excluding steroid dienone is 1. The van der Waals surface area contributed by atoms with Gasteiger partial charge in [0, 0.05) is 31.0 Å². The quantitative estimate of drug-likeness (QED) is 0.381. The predicted molar refractivity (Wildman–Crippen MR) is 156 cm³/mol. The maximum absolute atomic E-state index is 14.6. The van der Waals surface area contributed by atoms with Gasteiger partial charge in [-0.2, -0.15) is 0 Å². The van der Waals surface area contributed by atoms with Gasteiger partial charge in [0.2, 0.25) is 5.91 Å². The number of ether oxygens (including phenoxy) is 2. The van der Waals surface area contributed by atoms with Gasteiger partial charge in [-0.15, -0.1) is 0 Å². The number of rotatable bonds is 8. The number of amides is 2. The number of likely N-dealkylation sites (tertiary alicyclic amines) is 1. The number of hydrogen-bond acceptors (Lipinski definition) is 7. The third kappa shape index (κ3) is 5.07. The van der Waals surface area contributed by atoms with Crippen molar-refractivity contribution >= 4 is 29.2 Å². The number of nitrogens with zero attached hydrogens (tertiary/aromatic N) is 3. The molecule has 2 amide bonds. The van der Waals surface area contributed by atoms with Gasteiger partial charge in [0.1, 0.15) is 17.6 Å². The maximum Gasteiger partial charge on any atom is 0.312 e. The van der Waals surface area contributed by atoms with Gasteiger partial charge in [-0.05, 0) is 63.3 Å². The second-order valence-corrected chi connectivity index (χ2v) is 11.8. The normalized spacial score (nSPS) is 31.0. The lowest BCUT2D eigenvalue weighted by molar-refractivity contribution is -0.155. The van der Waals surface area contributed by atoms with Crippen molar-refractivity contribution in [3.05, 3.63) is 48.6 Å². The lowest BCUT2D eigenvalue weighted by atomic mass is 9.78. The van der Waals surface area contributed by atoms with Gasteiger partial charge in [0.25, 0.3) is 5.91 Å². The zero-order valence-electron chi connectivity index (χ0n) is 24.6. The molecule has 1 aromatic carbocycles. The van der Waals surface area contributed by atoms with E-state index in [1.165, 1.54) is 4.90 Å². The Morgan fingerprint density at radius 2 is 1.80 bits per heavy atom. The number of cyclic esters (lactones) is 1. The van der Waals surface area contributed by atoms with Crippen LogP contribution in [0.5, 0.6) is 0 Å². The van der Waals surface area contributed by atoms with Crippen molar-refractivity contribution in [3.63, 3.8) is 0 Å². The van der Waals surface area contributed by atoms with Crippen LogP contribution >= 0.6 is 0 Å². The molecule has 4 aliphatic heterocycles. The molecular weight excluding hydrogens is 522 g/mol. The Hall–Kier alpha value is -3.17. The number of hydrogen-bond donors (Lipinski definition) is 1. The van der Waals surface area contributed by atoms with E-state index in [0.29, 0.717) is 25.1 Å². The third-order valence-corrected chi connectivity index (χ3v) is 8.93. The minimum atomic E-state index is -1.35. The first kappa shape index (κ1) is 29.3. The summed E-state index contributed by atoms with van der Waals surface area (Å²) in [4.78, 5) is 47.8. The van der Waals surface area contributed by atoms with E-state index in [2.05, 4.69) is 18.7 Å². The minimum Gasteiger partial charge on any atom is -0.465 e. The smallest absolute Gasteiger partial charge is 0.312 e. The molecule has 0 aliphatic carbocycles. The van der Waals surface area contributed by atoms with Crippen molar-refractivity contribution in [3.8, 4) is 0 Å². The maximum atomic E-state index is 14.6. The van der Waals surface area contributed by atoms with Crippen LogP contribution in [0.25, 0.3) is 0 Å². The number of carbonyl (C=O) groups is 3. The molecule has 1 spiro atoms. The first-order valence-corrected chi connectivity index (χ1v) is 15.1. The Kier molecular flexibility index (Phi) is 8.57. The topological polar surface area (TPSA) is 99.6 Å². The van der Waals surface area contributed by atoms with Gasteiger partial charge in [-0.3, -0.25) is 14.4 Å². The molecule has 0 radical (unpaired) electrons. The Bertz CT molecular complexity index is 1190. The van der Waals surface area contributed by atoms with E-state index in [-0.39, 0.29) is 30.9 Å². The molecule has 5 rings (SSSR count). The van der Waals surface area contributed by atoms with Crippen molar-refractivity contribution in [2.24, 2.45) is 17.8 Å². The van der Waals surface area contributed by atoms with E-state index in [0.717, 1.165) is 25.2 Å². The summed E-state index contributed by atoms with van der Waals surface area (Å²) in [6, 6.07) is 6.25. The lowest BCUT2D eigenvalue weighted by Gasteiger charge is -2.39. The van der Waals surface area contributed by atoms with Gasteiger partial charge in [0.05, 0.1) is 31.3 Å². The van der Waals surface area contributed by atoms with Gasteiger partial charge < -0.3 is 29.3 Å². The van der Waals surface area contributed by atoms with E-state index in [4.69, 9.17) is 9.47 Å². The number of aliphatic hydroxyl groups excluding tert-OH is 1. The average Bonchev–Trinajstić information content (AvgIpc) is 3.37. The fourth-order valence-electron chi connectivity index (χ4n) is 7.07. The Labute approximate surface area is 242 Å². The first-order chi connectivity index (χ1) is 19.8. The molecule has 1 aromatic rings. The number of anilines is 2. The highest BCUT2D eigenvalue weighted by Crippen LogP contribution is 2.54. The number of benzene rings is 1. The molecule has 6 atom stereocenters. The molecule has 4 aliphatic rings. The number of aliphatic hydroxyl groups is 1. The molecule has 41 heavy (non-hydrogen) atoms. The second-order valence-electron chi connectivity index (χ2n) is 11.8. The van der Waals surface area contributed by atoms with Crippen LogP contribution in [0.15, 0.2) is 48.6 Å². The van der Waals surface area contributed by atoms with Crippen LogP contribution in [0.1, 0.15) is 47.0 Å². The Morgan fingerprint density at radius 1 is 1.07 bits per heavy atom. The van der Waals surface area contributed by atoms with Gasteiger partial charge >= 0.3 is 5.97 Å². The Balaban J connectivity index is 1.59. The van der Waals surface area contributed by atoms with E-state index >= 15 is 0 Å². The van der Waals surface area contributed by atoms with Crippen molar-refractivity contribution in [2.45, 2.75) is 70.7 Å². The second kappa shape index (κ2) is 12.0. The number of carbonyl (C=O) groups excluding carboxylic acids is 3. The highest BCUT2D eigenvalue weighted by molar-refractivity contribution is 6.05. The van der Waals surface area contributed by atoms with E-state index < -0.39 is 41.6 Å². The Morgan fingerprint density at radius 3 is 2.46 bits per heavy atom. The van der Waals surface area contributed by atoms with Crippen LogP contribution in [-0.4, -0.2) is 84.4 Å². The molecule has 4 heterocycles. The number of fused-ring (bicyclic) bond motifs is 2. The van der Waals surface area contributed by atoms with Crippen LogP contribution in [0, 0.1) is 17.8 Å². The highest BCUT2D eigenvalue weighted by atomic mass is 16.6. The molecule has 1 unspecified atom stereocenters. The van der Waals surface area contributed by atoms with Crippen LogP contribution in [-0.2, 0) is 23.9 Å². The summed E-state index contributed by atoms with van der Waals surface area (Å²) in [5, 5.41) is 10.5. The standard InChI is InChI=1S/C32H43N3O6/c1-5-33(6-2)22-12-14-23(15-13-22)34-17-10-16-32-27(26-25(41-32)11-8-7-9-18-40-31(26)39)29(37)35(28(32)30(34)38)24(20-36)19-21(3)4/h8,10-16,21,24-28,36H,5-7,9,17-20H2,1-4H3/b11-8-/t24-,25-,26+,27+,28?,32+/m1/s1.